The van der Waals surface area contributed by atoms with Gasteiger partial charge in [-0.15, -0.1) is 0 Å². The predicted molar refractivity (Wildman–Crippen MR) is 64.0 cm³/mol. The number of nitrogens with zero attached hydrogens (tertiary/aromatic N) is 1. The number of nitrogens with one attached hydrogen (secondary N) is 1. The van der Waals surface area contributed by atoms with Crippen LogP contribution in [0.1, 0.15) is 32.6 Å². The Morgan fingerprint density at radius 3 is 2.88 bits per heavy atom. The van der Waals surface area contributed by atoms with Crippen LogP contribution in [0.2, 0.25) is 0 Å². The van der Waals surface area contributed by atoms with Gasteiger partial charge in [-0.05, 0) is 19.3 Å². The second kappa shape index (κ2) is 5.15. The van der Waals surface area contributed by atoms with Crippen LogP contribution in [0.25, 0.3) is 0 Å². The second-order valence-corrected chi connectivity index (χ2v) is 5.24. The van der Waals surface area contributed by atoms with Gasteiger partial charge in [-0.2, -0.15) is 0 Å². The van der Waals surface area contributed by atoms with E-state index >= 15 is 0 Å². The molecular weight excluding hydrogens is 202 g/mol. The summed E-state index contributed by atoms with van der Waals surface area (Å²) >= 11 is 0. The lowest BCUT2D eigenvalue weighted by atomic mass is 9.80. The van der Waals surface area contributed by atoms with E-state index in [1.807, 2.05) is 0 Å². The summed E-state index contributed by atoms with van der Waals surface area (Å²) in [6.07, 6.45) is 5.36. The fourth-order valence-electron chi connectivity index (χ4n) is 2.86. The zero-order valence-electron chi connectivity index (χ0n) is 10.1. The highest BCUT2D eigenvalue weighted by atomic mass is 16.1. The highest BCUT2D eigenvalue weighted by Gasteiger charge is 2.32. The average molecular weight is 225 g/mol. The first-order valence-corrected chi connectivity index (χ1v) is 6.44. The molecule has 4 heteroatoms. The molecule has 1 heterocycles. The van der Waals surface area contributed by atoms with Gasteiger partial charge in [0.25, 0.3) is 0 Å². The lowest BCUT2D eigenvalue weighted by Gasteiger charge is -2.41. The standard InChI is InChI=1S/C12H23N3O/c1-9(7-10-3-2-4-10)15-6-5-14-8-11(15)12(13)16/h9-11,14H,2-8H2,1H3,(H2,13,16). The number of rotatable bonds is 4. The molecule has 2 unspecified atom stereocenters. The van der Waals surface area contributed by atoms with Gasteiger partial charge in [-0.25, -0.2) is 0 Å². The van der Waals surface area contributed by atoms with Crippen molar-refractivity contribution in [3.8, 4) is 0 Å². The van der Waals surface area contributed by atoms with Gasteiger partial charge in [0.05, 0.1) is 0 Å². The molecule has 2 atom stereocenters. The normalized spacial score (nSPS) is 29.7. The summed E-state index contributed by atoms with van der Waals surface area (Å²) in [6.45, 7) is 4.87. The van der Waals surface area contributed by atoms with Crippen LogP contribution in [0.5, 0.6) is 0 Å². The number of nitrogens with two attached hydrogens (primary N) is 1. The maximum atomic E-state index is 11.4. The van der Waals surface area contributed by atoms with E-state index < -0.39 is 0 Å². The van der Waals surface area contributed by atoms with Crippen LogP contribution in [0.3, 0.4) is 0 Å². The van der Waals surface area contributed by atoms with Gasteiger partial charge < -0.3 is 11.1 Å². The predicted octanol–water partition coefficient (Wildman–Crippen LogP) is 0.324. The highest BCUT2D eigenvalue weighted by Crippen LogP contribution is 2.32. The second-order valence-electron chi connectivity index (χ2n) is 5.24. The minimum Gasteiger partial charge on any atom is -0.368 e. The van der Waals surface area contributed by atoms with Crippen LogP contribution in [0.4, 0.5) is 0 Å². The molecule has 0 bridgehead atoms. The Kier molecular flexibility index (Phi) is 3.82. The Morgan fingerprint density at radius 2 is 2.31 bits per heavy atom. The van der Waals surface area contributed by atoms with Gasteiger partial charge in [-0.1, -0.05) is 19.3 Å². The molecular formula is C12H23N3O. The fourth-order valence-corrected chi connectivity index (χ4v) is 2.86. The van der Waals surface area contributed by atoms with Crippen molar-refractivity contribution in [1.82, 2.24) is 10.2 Å². The van der Waals surface area contributed by atoms with Crippen LogP contribution in [-0.4, -0.2) is 42.5 Å². The zero-order valence-corrected chi connectivity index (χ0v) is 10.1. The molecule has 1 saturated heterocycles. The average Bonchev–Trinajstić information content (AvgIpc) is 2.23. The van der Waals surface area contributed by atoms with Crippen molar-refractivity contribution in [1.29, 1.82) is 0 Å². The number of carbonyl (C=O) groups excluding carboxylic acids is 1. The lowest BCUT2D eigenvalue weighted by molar-refractivity contribution is -0.125. The van der Waals surface area contributed by atoms with E-state index in [0.717, 1.165) is 19.0 Å². The molecule has 1 aliphatic carbocycles. The Labute approximate surface area is 97.6 Å². The van der Waals surface area contributed by atoms with Gasteiger partial charge in [-0.3, -0.25) is 9.69 Å². The molecule has 1 saturated carbocycles. The minimum absolute atomic E-state index is 0.108. The minimum atomic E-state index is -0.187. The van der Waals surface area contributed by atoms with E-state index in [1.165, 1.54) is 25.7 Å². The van der Waals surface area contributed by atoms with Crippen LogP contribution in [0.15, 0.2) is 0 Å². The summed E-state index contributed by atoms with van der Waals surface area (Å²) in [6, 6.07) is 0.383. The maximum Gasteiger partial charge on any atom is 0.236 e. The van der Waals surface area contributed by atoms with Crippen molar-refractivity contribution < 1.29 is 4.79 Å². The first kappa shape index (κ1) is 11.9. The number of piperazine rings is 1. The summed E-state index contributed by atoms with van der Waals surface area (Å²) < 4.78 is 0. The summed E-state index contributed by atoms with van der Waals surface area (Å²) in [4.78, 5) is 13.7. The van der Waals surface area contributed by atoms with Crippen molar-refractivity contribution in [3.63, 3.8) is 0 Å². The number of hydrogen-bond acceptors (Lipinski definition) is 3. The van der Waals surface area contributed by atoms with Crippen LogP contribution < -0.4 is 11.1 Å². The summed E-state index contributed by atoms with van der Waals surface area (Å²) in [7, 11) is 0. The molecule has 0 spiro atoms. The highest BCUT2D eigenvalue weighted by molar-refractivity contribution is 5.80. The Bertz CT molecular complexity index is 253. The SMILES string of the molecule is CC(CC1CCC1)N1CCNCC1C(N)=O. The van der Waals surface area contributed by atoms with Gasteiger partial charge in [0.2, 0.25) is 5.91 Å². The smallest absolute Gasteiger partial charge is 0.236 e. The third-order valence-corrected chi connectivity index (χ3v) is 4.08. The molecule has 4 nitrogen and oxygen atoms in total. The van der Waals surface area contributed by atoms with E-state index in [1.54, 1.807) is 0 Å². The molecule has 1 aliphatic heterocycles. The van der Waals surface area contributed by atoms with E-state index in [4.69, 9.17) is 5.73 Å². The maximum absolute atomic E-state index is 11.4. The largest absolute Gasteiger partial charge is 0.368 e. The monoisotopic (exact) mass is 225 g/mol. The quantitative estimate of drug-likeness (QED) is 0.724. The molecule has 1 amide bonds. The molecule has 0 radical (unpaired) electrons. The van der Waals surface area contributed by atoms with Crippen molar-refractivity contribution in [2.45, 2.75) is 44.7 Å². The molecule has 2 aliphatic rings. The molecule has 0 aromatic heterocycles. The van der Waals surface area contributed by atoms with Crippen molar-refractivity contribution >= 4 is 5.91 Å². The summed E-state index contributed by atoms with van der Waals surface area (Å²) in [5, 5.41) is 3.24. The summed E-state index contributed by atoms with van der Waals surface area (Å²) in [5.41, 5.74) is 5.45. The van der Waals surface area contributed by atoms with Crippen molar-refractivity contribution in [2.75, 3.05) is 19.6 Å². The molecule has 0 aromatic carbocycles. The first-order valence-electron chi connectivity index (χ1n) is 6.44. The molecule has 16 heavy (non-hydrogen) atoms. The Hall–Kier alpha value is -0.610. The van der Waals surface area contributed by atoms with Gasteiger partial charge in [0.1, 0.15) is 6.04 Å². The van der Waals surface area contributed by atoms with E-state index in [-0.39, 0.29) is 11.9 Å². The van der Waals surface area contributed by atoms with E-state index in [9.17, 15) is 4.79 Å². The van der Waals surface area contributed by atoms with E-state index in [2.05, 4.69) is 17.1 Å². The third kappa shape index (κ3) is 2.55. The number of hydrogen-bond donors (Lipinski definition) is 2. The van der Waals surface area contributed by atoms with Crippen LogP contribution in [0, 0.1) is 5.92 Å². The van der Waals surface area contributed by atoms with Crippen LogP contribution in [-0.2, 0) is 4.79 Å². The van der Waals surface area contributed by atoms with Crippen molar-refractivity contribution in [3.05, 3.63) is 0 Å². The topological polar surface area (TPSA) is 58.4 Å². The van der Waals surface area contributed by atoms with E-state index in [0.29, 0.717) is 12.6 Å². The molecule has 92 valence electrons. The molecule has 3 N–H and O–H groups in total. The Morgan fingerprint density at radius 1 is 1.56 bits per heavy atom. The number of primary amides is 1. The third-order valence-electron chi connectivity index (χ3n) is 4.08. The van der Waals surface area contributed by atoms with Gasteiger partial charge in [0.15, 0.2) is 0 Å². The first-order chi connectivity index (χ1) is 7.68. The molecule has 0 aromatic rings. The number of carbonyl (C=O) groups is 1. The lowest BCUT2D eigenvalue weighted by Crippen LogP contribution is -2.59. The summed E-state index contributed by atoms with van der Waals surface area (Å²) in [5.74, 6) is 0.700. The van der Waals surface area contributed by atoms with Crippen LogP contribution >= 0.6 is 0 Å². The van der Waals surface area contributed by atoms with Gasteiger partial charge in [0, 0.05) is 25.7 Å². The number of amides is 1. The molecule has 2 rings (SSSR count). The molecule has 2 fully saturated rings. The van der Waals surface area contributed by atoms with Gasteiger partial charge >= 0.3 is 0 Å². The van der Waals surface area contributed by atoms with Crippen molar-refractivity contribution in [2.24, 2.45) is 11.7 Å². The zero-order chi connectivity index (χ0) is 11.5. The Balaban J connectivity index is 1.90. The fraction of sp³-hybridized carbons (Fsp3) is 0.917.